The van der Waals surface area contributed by atoms with Crippen LogP contribution >= 0.6 is 11.6 Å². The zero-order valence-electron chi connectivity index (χ0n) is 12.3. The molecule has 0 saturated carbocycles. The topological polar surface area (TPSA) is 42.7 Å². The minimum Gasteiger partial charge on any atom is -0.309 e. The predicted molar refractivity (Wildman–Crippen MR) is 87.6 cm³/mol. The third kappa shape index (κ3) is 2.52. The molecule has 0 aliphatic carbocycles. The van der Waals surface area contributed by atoms with Gasteiger partial charge in [-0.1, -0.05) is 11.6 Å². The number of hydrogen-bond donors (Lipinski definition) is 1. The van der Waals surface area contributed by atoms with Gasteiger partial charge in [0.25, 0.3) is 0 Å². The summed E-state index contributed by atoms with van der Waals surface area (Å²) >= 11 is 6.07. The largest absolute Gasteiger partial charge is 0.309 e. The summed E-state index contributed by atoms with van der Waals surface area (Å²) in [4.78, 5) is 4.06. The number of nitrogens with zero attached hydrogens (tertiary/aromatic N) is 3. The van der Waals surface area contributed by atoms with Crippen LogP contribution in [0.2, 0.25) is 5.02 Å². The van der Waals surface area contributed by atoms with Crippen LogP contribution in [-0.2, 0) is 13.1 Å². The van der Waals surface area contributed by atoms with E-state index in [9.17, 15) is 4.39 Å². The van der Waals surface area contributed by atoms with Crippen molar-refractivity contribution in [2.24, 2.45) is 0 Å². The molecule has 0 unspecified atom stereocenters. The number of halogens is 2. The summed E-state index contributed by atoms with van der Waals surface area (Å²) in [5.74, 6) is -0.326. The lowest BCUT2D eigenvalue weighted by Gasteiger charge is -2.16. The van der Waals surface area contributed by atoms with Crippen LogP contribution in [0.4, 0.5) is 4.39 Å². The van der Waals surface area contributed by atoms with Crippen LogP contribution in [0.25, 0.3) is 22.4 Å². The molecule has 0 atom stereocenters. The Hall–Kier alpha value is -2.24. The smallest absolute Gasteiger partial charge is 0.132 e. The Morgan fingerprint density at radius 1 is 1.17 bits per heavy atom. The van der Waals surface area contributed by atoms with Crippen LogP contribution in [0.15, 0.2) is 42.7 Å². The van der Waals surface area contributed by atoms with Gasteiger partial charge in [-0.15, -0.1) is 0 Å². The molecule has 116 valence electrons. The molecule has 1 aliphatic heterocycles. The summed E-state index contributed by atoms with van der Waals surface area (Å²) in [6.07, 6.45) is 3.46. The third-order valence-electron chi connectivity index (χ3n) is 4.00. The van der Waals surface area contributed by atoms with E-state index in [4.69, 9.17) is 11.6 Å². The number of rotatable bonds is 2. The minimum absolute atomic E-state index is 0.326. The highest BCUT2D eigenvalue weighted by Gasteiger charge is 2.24. The fourth-order valence-electron chi connectivity index (χ4n) is 2.94. The molecule has 1 aliphatic rings. The van der Waals surface area contributed by atoms with Gasteiger partial charge >= 0.3 is 0 Å². The molecule has 6 heteroatoms. The molecule has 0 amide bonds. The highest BCUT2D eigenvalue weighted by molar-refractivity contribution is 6.30. The zero-order chi connectivity index (χ0) is 15.8. The van der Waals surface area contributed by atoms with Gasteiger partial charge < -0.3 is 5.32 Å². The van der Waals surface area contributed by atoms with Crippen molar-refractivity contribution in [2.45, 2.75) is 13.1 Å². The second-order valence-corrected chi connectivity index (χ2v) is 5.87. The van der Waals surface area contributed by atoms with Crippen LogP contribution in [0.5, 0.6) is 0 Å². The van der Waals surface area contributed by atoms with E-state index in [2.05, 4.69) is 15.4 Å². The van der Waals surface area contributed by atoms with Gasteiger partial charge in [-0.25, -0.2) is 4.39 Å². The van der Waals surface area contributed by atoms with Crippen molar-refractivity contribution in [1.29, 1.82) is 0 Å². The van der Waals surface area contributed by atoms with E-state index in [-0.39, 0.29) is 5.82 Å². The van der Waals surface area contributed by atoms with E-state index >= 15 is 0 Å². The van der Waals surface area contributed by atoms with Crippen molar-refractivity contribution in [3.05, 3.63) is 59.3 Å². The van der Waals surface area contributed by atoms with Gasteiger partial charge in [-0.05, 0) is 35.9 Å². The van der Waals surface area contributed by atoms with Crippen molar-refractivity contribution < 1.29 is 4.39 Å². The summed E-state index contributed by atoms with van der Waals surface area (Å²) in [7, 11) is 0. The summed E-state index contributed by atoms with van der Waals surface area (Å²) < 4.78 is 16.3. The second kappa shape index (κ2) is 5.76. The number of benzene rings is 1. The molecule has 0 radical (unpaired) electrons. The van der Waals surface area contributed by atoms with Gasteiger partial charge in [0.05, 0.1) is 12.2 Å². The van der Waals surface area contributed by atoms with Gasteiger partial charge in [0.1, 0.15) is 11.5 Å². The zero-order valence-corrected chi connectivity index (χ0v) is 13.0. The van der Waals surface area contributed by atoms with E-state index < -0.39 is 0 Å². The van der Waals surface area contributed by atoms with Gasteiger partial charge in [0, 0.05) is 41.6 Å². The minimum atomic E-state index is -0.326. The highest BCUT2D eigenvalue weighted by atomic mass is 35.5. The van der Waals surface area contributed by atoms with E-state index in [0.29, 0.717) is 22.8 Å². The molecule has 3 aromatic rings. The molecule has 3 heterocycles. The molecule has 4 nitrogen and oxygen atoms in total. The first kappa shape index (κ1) is 14.4. The molecular formula is C17H14ClFN4. The van der Waals surface area contributed by atoms with Crippen molar-refractivity contribution in [3.63, 3.8) is 0 Å². The normalized spacial score (nSPS) is 13.8. The van der Waals surface area contributed by atoms with Gasteiger partial charge in [-0.2, -0.15) is 5.10 Å². The molecule has 0 fully saturated rings. The Morgan fingerprint density at radius 3 is 2.83 bits per heavy atom. The van der Waals surface area contributed by atoms with E-state index in [1.807, 2.05) is 16.8 Å². The van der Waals surface area contributed by atoms with Crippen molar-refractivity contribution in [3.8, 4) is 22.4 Å². The summed E-state index contributed by atoms with van der Waals surface area (Å²) in [5.41, 5.74) is 4.00. The average Bonchev–Trinajstić information content (AvgIpc) is 2.97. The maximum absolute atomic E-state index is 14.4. The Morgan fingerprint density at radius 2 is 2.00 bits per heavy atom. The molecule has 2 aromatic heterocycles. The summed E-state index contributed by atoms with van der Waals surface area (Å²) in [5, 5.41) is 8.49. The second-order valence-electron chi connectivity index (χ2n) is 5.43. The summed E-state index contributed by atoms with van der Waals surface area (Å²) in [6.45, 7) is 2.31. The van der Waals surface area contributed by atoms with Crippen molar-refractivity contribution in [2.75, 3.05) is 6.54 Å². The average molecular weight is 329 g/mol. The quantitative estimate of drug-likeness (QED) is 0.783. The fraction of sp³-hybridized carbons (Fsp3) is 0.176. The first-order valence-corrected chi connectivity index (χ1v) is 7.78. The summed E-state index contributed by atoms with van der Waals surface area (Å²) in [6, 6.07) is 8.38. The van der Waals surface area contributed by atoms with Crippen LogP contribution in [0, 0.1) is 5.82 Å². The number of aromatic nitrogens is 3. The maximum atomic E-state index is 14.4. The monoisotopic (exact) mass is 328 g/mol. The molecule has 1 aromatic carbocycles. The van der Waals surface area contributed by atoms with Gasteiger partial charge in [0.15, 0.2) is 0 Å². The molecule has 0 spiro atoms. The highest BCUT2D eigenvalue weighted by Crippen LogP contribution is 2.37. The number of hydrogen-bond acceptors (Lipinski definition) is 3. The van der Waals surface area contributed by atoms with Crippen LogP contribution in [-0.4, -0.2) is 21.3 Å². The molecular weight excluding hydrogens is 315 g/mol. The van der Waals surface area contributed by atoms with E-state index in [1.54, 1.807) is 24.5 Å². The Bertz CT molecular complexity index is 861. The standard InChI is InChI=1S/C17H14ClFN4/c18-12-1-2-14(19)13(9-12)17-16(11-3-5-20-6-4-11)15-10-21-7-8-23(15)22-17/h1-6,9,21H,7-8,10H2. The van der Waals surface area contributed by atoms with Gasteiger partial charge in [0.2, 0.25) is 0 Å². The first-order valence-electron chi connectivity index (χ1n) is 7.40. The SMILES string of the molecule is Fc1ccc(Cl)cc1-c1nn2c(c1-c1ccncc1)CNCC2. The lowest BCUT2D eigenvalue weighted by Crippen LogP contribution is -2.28. The van der Waals surface area contributed by atoms with Crippen LogP contribution in [0.3, 0.4) is 0 Å². The van der Waals surface area contributed by atoms with Crippen molar-refractivity contribution in [1.82, 2.24) is 20.1 Å². The number of fused-ring (bicyclic) bond motifs is 1. The van der Waals surface area contributed by atoms with Gasteiger partial charge in [-0.3, -0.25) is 9.67 Å². The Kier molecular flexibility index (Phi) is 3.59. The van der Waals surface area contributed by atoms with Crippen LogP contribution in [0.1, 0.15) is 5.69 Å². The fourth-order valence-corrected chi connectivity index (χ4v) is 3.11. The Balaban J connectivity index is 2.00. The number of pyridine rings is 1. The molecule has 0 bridgehead atoms. The number of nitrogens with one attached hydrogen (secondary N) is 1. The first-order chi connectivity index (χ1) is 11.2. The lowest BCUT2D eigenvalue weighted by atomic mass is 9.99. The van der Waals surface area contributed by atoms with Crippen molar-refractivity contribution >= 4 is 11.6 Å². The lowest BCUT2D eigenvalue weighted by molar-refractivity contribution is 0.477. The van der Waals surface area contributed by atoms with E-state index in [0.717, 1.165) is 29.9 Å². The van der Waals surface area contributed by atoms with E-state index in [1.165, 1.54) is 6.07 Å². The maximum Gasteiger partial charge on any atom is 0.132 e. The predicted octanol–water partition coefficient (Wildman–Crippen LogP) is 3.51. The Labute approximate surface area is 137 Å². The molecule has 0 saturated heterocycles. The van der Waals surface area contributed by atoms with Crippen LogP contribution < -0.4 is 5.32 Å². The molecule has 1 N–H and O–H groups in total. The molecule has 23 heavy (non-hydrogen) atoms. The third-order valence-corrected chi connectivity index (χ3v) is 4.24. The molecule has 4 rings (SSSR count).